The molecule has 1 aromatic carbocycles. The molecule has 8 heteroatoms. The van der Waals surface area contributed by atoms with Crippen molar-refractivity contribution in [3.63, 3.8) is 0 Å². The number of anilines is 1. The highest BCUT2D eigenvalue weighted by Gasteiger charge is 2.41. The molecule has 1 saturated heterocycles. The zero-order valence-corrected chi connectivity index (χ0v) is 21.1. The summed E-state index contributed by atoms with van der Waals surface area (Å²) >= 11 is 5.78. The number of aromatic nitrogens is 3. The van der Waals surface area contributed by atoms with E-state index in [2.05, 4.69) is 36.1 Å². The number of aryl methyl sites for hydroxylation is 2. The summed E-state index contributed by atoms with van der Waals surface area (Å²) < 4.78 is 2.14. The number of thiocarbonyl (C=S) groups is 1. The molecule has 0 radical (unpaired) electrons. The Morgan fingerprint density at radius 1 is 1.06 bits per heavy atom. The fourth-order valence-corrected chi connectivity index (χ4v) is 4.98. The first-order chi connectivity index (χ1) is 17.5. The van der Waals surface area contributed by atoms with Gasteiger partial charge < -0.3 is 20.1 Å². The van der Waals surface area contributed by atoms with Gasteiger partial charge in [-0.3, -0.25) is 14.8 Å². The van der Waals surface area contributed by atoms with Crippen LogP contribution in [0.15, 0.2) is 85.5 Å². The second kappa shape index (κ2) is 10.3. The summed E-state index contributed by atoms with van der Waals surface area (Å²) in [5.41, 5.74) is 5.95. The van der Waals surface area contributed by atoms with E-state index in [9.17, 15) is 4.79 Å². The van der Waals surface area contributed by atoms with Crippen LogP contribution in [-0.4, -0.2) is 37.0 Å². The topological polar surface area (TPSA) is 75.1 Å². The number of benzene rings is 1. The molecule has 0 saturated carbocycles. The van der Waals surface area contributed by atoms with Crippen LogP contribution in [-0.2, 0) is 4.79 Å². The molecular weight excluding hydrogens is 468 g/mol. The highest BCUT2D eigenvalue weighted by atomic mass is 32.1. The van der Waals surface area contributed by atoms with Crippen molar-refractivity contribution in [1.29, 1.82) is 0 Å². The van der Waals surface area contributed by atoms with E-state index in [0.717, 1.165) is 33.9 Å². The lowest BCUT2D eigenvalue weighted by molar-refractivity contribution is -0.116. The molecule has 1 aliphatic rings. The van der Waals surface area contributed by atoms with Gasteiger partial charge in [0, 0.05) is 54.8 Å². The Bertz CT molecular complexity index is 1370. The van der Waals surface area contributed by atoms with E-state index in [4.69, 9.17) is 12.2 Å². The third-order valence-corrected chi connectivity index (χ3v) is 6.82. The lowest BCUT2D eigenvalue weighted by Crippen LogP contribution is -2.33. The standard InChI is InChI=1S/C28H28N6OS/c1-19-8-9-20(2)23(18-19)31-25(35)12-17-34-27(26(32-28(34)36)22-6-3-4-13-30-22)24-7-5-16-33(24)21-10-14-29-15-11-21/h3-11,13-16,18,26-27H,12,17H2,1-2H3,(H,31,35)(H,32,36). The van der Waals surface area contributed by atoms with Crippen molar-refractivity contribution < 1.29 is 4.79 Å². The van der Waals surface area contributed by atoms with E-state index in [1.165, 1.54) is 0 Å². The Morgan fingerprint density at radius 2 is 1.89 bits per heavy atom. The third kappa shape index (κ3) is 4.85. The van der Waals surface area contributed by atoms with Gasteiger partial charge in [0.2, 0.25) is 5.91 Å². The predicted molar refractivity (Wildman–Crippen MR) is 145 cm³/mol. The van der Waals surface area contributed by atoms with Crippen LogP contribution >= 0.6 is 12.2 Å². The van der Waals surface area contributed by atoms with Crippen molar-refractivity contribution in [2.75, 3.05) is 11.9 Å². The van der Waals surface area contributed by atoms with E-state index < -0.39 is 0 Å². The molecule has 0 bridgehead atoms. The Balaban J connectivity index is 1.43. The van der Waals surface area contributed by atoms with Gasteiger partial charge in [0.1, 0.15) is 0 Å². The van der Waals surface area contributed by atoms with Gasteiger partial charge >= 0.3 is 0 Å². The predicted octanol–water partition coefficient (Wildman–Crippen LogP) is 4.89. The molecule has 182 valence electrons. The minimum Gasteiger partial charge on any atom is -0.352 e. The summed E-state index contributed by atoms with van der Waals surface area (Å²) in [5.74, 6) is -0.0453. The minimum atomic E-state index is -0.156. The molecule has 2 N–H and O–H groups in total. The number of nitrogens with one attached hydrogen (secondary N) is 2. The lowest BCUT2D eigenvalue weighted by atomic mass is 10.0. The molecule has 36 heavy (non-hydrogen) atoms. The monoisotopic (exact) mass is 496 g/mol. The van der Waals surface area contributed by atoms with E-state index in [1.54, 1.807) is 18.6 Å². The zero-order valence-electron chi connectivity index (χ0n) is 20.3. The first-order valence-electron chi connectivity index (χ1n) is 11.9. The van der Waals surface area contributed by atoms with Crippen LogP contribution < -0.4 is 10.6 Å². The minimum absolute atomic E-state index is 0.0453. The van der Waals surface area contributed by atoms with Crippen molar-refractivity contribution in [2.24, 2.45) is 0 Å². The van der Waals surface area contributed by atoms with E-state index in [1.807, 2.05) is 74.6 Å². The quantitative estimate of drug-likeness (QED) is 0.355. The number of carbonyl (C=O) groups is 1. The van der Waals surface area contributed by atoms with Crippen LogP contribution in [0.3, 0.4) is 0 Å². The first kappa shape index (κ1) is 23.7. The second-order valence-corrected chi connectivity index (χ2v) is 9.33. The summed E-state index contributed by atoms with van der Waals surface area (Å²) in [7, 11) is 0. The number of amides is 1. The molecule has 7 nitrogen and oxygen atoms in total. The molecule has 2 unspecified atom stereocenters. The summed E-state index contributed by atoms with van der Waals surface area (Å²) in [6.07, 6.45) is 7.69. The molecule has 4 aromatic rings. The zero-order chi connectivity index (χ0) is 25.1. The molecule has 2 atom stereocenters. The van der Waals surface area contributed by atoms with E-state index >= 15 is 0 Å². The summed E-state index contributed by atoms with van der Waals surface area (Å²) in [4.78, 5) is 23.8. The van der Waals surface area contributed by atoms with Crippen LogP contribution in [0.1, 0.15) is 41.0 Å². The van der Waals surface area contributed by atoms with Crippen molar-refractivity contribution in [3.8, 4) is 5.69 Å². The Hall–Kier alpha value is -4.04. The van der Waals surface area contributed by atoms with Crippen molar-refractivity contribution in [2.45, 2.75) is 32.4 Å². The largest absolute Gasteiger partial charge is 0.352 e. The van der Waals surface area contributed by atoms with Crippen molar-refractivity contribution >= 4 is 28.9 Å². The molecule has 3 aromatic heterocycles. The lowest BCUT2D eigenvalue weighted by Gasteiger charge is -2.28. The number of pyridine rings is 2. The van der Waals surface area contributed by atoms with Crippen molar-refractivity contribution in [1.82, 2.24) is 24.8 Å². The summed E-state index contributed by atoms with van der Waals surface area (Å²) in [6, 6.07) is 19.7. The molecule has 5 rings (SSSR count). The molecule has 4 heterocycles. The van der Waals surface area contributed by atoms with Crippen LogP contribution in [0.25, 0.3) is 5.69 Å². The van der Waals surface area contributed by atoms with Crippen LogP contribution in [0, 0.1) is 13.8 Å². The maximum atomic E-state index is 12.9. The number of nitrogens with zero attached hydrogens (tertiary/aromatic N) is 4. The van der Waals surface area contributed by atoms with Gasteiger partial charge in [-0.1, -0.05) is 18.2 Å². The number of rotatable bonds is 7. The maximum Gasteiger partial charge on any atom is 0.226 e. The average Bonchev–Trinajstić information content (AvgIpc) is 3.50. The number of carbonyl (C=O) groups excluding carboxylic acids is 1. The highest BCUT2D eigenvalue weighted by molar-refractivity contribution is 7.80. The number of hydrogen-bond donors (Lipinski definition) is 2. The first-order valence-corrected chi connectivity index (χ1v) is 12.3. The Labute approximate surface area is 216 Å². The third-order valence-electron chi connectivity index (χ3n) is 6.47. The van der Waals surface area contributed by atoms with Gasteiger partial charge in [0.15, 0.2) is 5.11 Å². The average molecular weight is 497 g/mol. The Morgan fingerprint density at radius 3 is 2.67 bits per heavy atom. The van der Waals surface area contributed by atoms with Gasteiger partial charge in [-0.15, -0.1) is 0 Å². The summed E-state index contributed by atoms with van der Waals surface area (Å²) in [6.45, 7) is 4.48. The second-order valence-electron chi connectivity index (χ2n) is 8.95. The van der Waals surface area contributed by atoms with Crippen molar-refractivity contribution in [3.05, 3.63) is 108 Å². The van der Waals surface area contributed by atoms with Crippen LogP contribution in [0.2, 0.25) is 0 Å². The molecule has 1 fully saturated rings. The maximum absolute atomic E-state index is 12.9. The van der Waals surface area contributed by atoms with Gasteiger partial charge in [0.25, 0.3) is 0 Å². The molecule has 0 spiro atoms. The SMILES string of the molecule is Cc1ccc(C)c(NC(=O)CCN2C(=S)NC(c3ccccn3)C2c2cccn2-c2ccncc2)c1. The van der Waals surface area contributed by atoms with Gasteiger partial charge in [-0.2, -0.15) is 0 Å². The van der Waals surface area contributed by atoms with E-state index in [0.29, 0.717) is 18.1 Å². The number of hydrogen-bond acceptors (Lipinski definition) is 4. The molecule has 1 aliphatic heterocycles. The van der Waals surface area contributed by atoms with Crippen LogP contribution in [0.4, 0.5) is 5.69 Å². The van der Waals surface area contributed by atoms with E-state index in [-0.39, 0.29) is 18.0 Å². The van der Waals surface area contributed by atoms with Gasteiger partial charge in [-0.05, 0) is 79.7 Å². The van der Waals surface area contributed by atoms with Gasteiger partial charge in [0.05, 0.1) is 17.8 Å². The smallest absolute Gasteiger partial charge is 0.226 e. The normalized spacial score (nSPS) is 17.2. The van der Waals surface area contributed by atoms with Crippen LogP contribution in [0.5, 0.6) is 0 Å². The highest BCUT2D eigenvalue weighted by Crippen LogP contribution is 2.39. The molecular formula is C28H28N6OS. The van der Waals surface area contributed by atoms with Gasteiger partial charge in [-0.25, -0.2) is 0 Å². The Kier molecular flexibility index (Phi) is 6.77. The fraction of sp³-hybridized carbons (Fsp3) is 0.214. The fourth-order valence-electron chi connectivity index (χ4n) is 4.65. The molecule has 0 aliphatic carbocycles. The summed E-state index contributed by atoms with van der Waals surface area (Å²) in [5, 5.41) is 7.14. The molecule has 1 amide bonds.